The SMILES string of the molecule is CC(C)(C)OC(=O)N1C[C@H](c2ccccc2)C[C@@H]1C(N)=S. The molecular formula is C16H22N2O2S. The number of nitrogens with two attached hydrogens (primary N) is 1. The molecule has 1 aliphatic rings. The number of hydrogen-bond donors (Lipinski definition) is 1. The van der Waals surface area contributed by atoms with E-state index in [-0.39, 0.29) is 18.1 Å². The molecule has 1 aliphatic heterocycles. The Morgan fingerprint density at radius 3 is 2.48 bits per heavy atom. The van der Waals surface area contributed by atoms with Crippen LogP contribution in [0.2, 0.25) is 0 Å². The van der Waals surface area contributed by atoms with Crippen LogP contribution in [-0.2, 0) is 4.74 Å². The first-order valence-corrected chi connectivity index (χ1v) is 7.52. The maximum absolute atomic E-state index is 12.3. The summed E-state index contributed by atoms with van der Waals surface area (Å²) < 4.78 is 5.46. The number of amides is 1. The second kappa shape index (κ2) is 6.02. The Bertz CT molecular complexity index is 525. The molecule has 1 aromatic carbocycles. The molecule has 2 N–H and O–H groups in total. The molecule has 0 saturated carbocycles. The lowest BCUT2D eigenvalue weighted by molar-refractivity contribution is 0.0264. The summed E-state index contributed by atoms with van der Waals surface area (Å²) in [6.45, 7) is 6.14. The third kappa shape index (κ3) is 3.94. The third-order valence-corrected chi connectivity index (χ3v) is 3.80. The molecule has 1 aromatic rings. The van der Waals surface area contributed by atoms with Crippen LogP contribution in [0, 0.1) is 0 Å². The van der Waals surface area contributed by atoms with Gasteiger partial charge in [0.1, 0.15) is 5.60 Å². The van der Waals surface area contributed by atoms with Crippen LogP contribution in [0.25, 0.3) is 0 Å². The number of hydrogen-bond acceptors (Lipinski definition) is 3. The van der Waals surface area contributed by atoms with Crippen molar-refractivity contribution < 1.29 is 9.53 Å². The van der Waals surface area contributed by atoms with Crippen LogP contribution in [-0.4, -0.2) is 34.2 Å². The van der Waals surface area contributed by atoms with Crippen molar-refractivity contribution in [3.63, 3.8) is 0 Å². The molecule has 0 aromatic heterocycles. The average Bonchev–Trinajstić information content (AvgIpc) is 2.83. The van der Waals surface area contributed by atoms with Gasteiger partial charge in [0.25, 0.3) is 0 Å². The zero-order valence-corrected chi connectivity index (χ0v) is 13.5. The van der Waals surface area contributed by atoms with Crippen LogP contribution in [0.4, 0.5) is 4.79 Å². The highest BCUT2D eigenvalue weighted by Crippen LogP contribution is 2.32. The summed E-state index contributed by atoms with van der Waals surface area (Å²) in [7, 11) is 0. The standard InChI is InChI=1S/C16H22N2O2S/c1-16(2,3)20-15(19)18-10-12(9-13(18)14(17)21)11-7-5-4-6-8-11/h4-8,12-13H,9-10H2,1-3H3,(H2,17,21)/t12-,13-/m1/s1. The van der Waals surface area contributed by atoms with Crippen LogP contribution < -0.4 is 5.73 Å². The van der Waals surface area contributed by atoms with Gasteiger partial charge in [-0.3, -0.25) is 4.90 Å². The molecule has 2 rings (SSSR count). The number of rotatable bonds is 2. The molecule has 21 heavy (non-hydrogen) atoms. The quantitative estimate of drug-likeness (QED) is 0.853. The number of carbonyl (C=O) groups excluding carboxylic acids is 1. The fourth-order valence-electron chi connectivity index (χ4n) is 2.59. The van der Waals surface area contributed by atoms with Crippen LogP contribution in [0.1, 0.15) is 38.7 Å². The van der Waals surface area contributed by atoms with Crippen molar-refractivity contribution in [3.8, 4) is 0 Å². The highest BCUT2D eigenvalue weighted by Gasteiger charge is 2.39. The maximum atomic E-state index is 12.3. The van der Waals surface area contributed by atoms with Crippen molar-refractivity contribution >= 4 is 23.3 Å². The van der Waals surface area contributed by atoms with Crippen LogP contribution >= 0.6 is 12.2 Å². The van der Waals surface area contributed by atoms with Crippen molar-refractivity contribution in [3.05, 3.63) is 35.9 Å². The first kappa shape index (κ1) is 15.8. The summed E-state index contributed by atoms with van der Waals surface area (Å²) in [5.74, 6) is 0.241. The third-order valence-electron chi connectivity index (χ3n) is 3.53. The molecule has 5 heteroatoms. The maximum Gasteiger partial charge on any atom is 0.410 e. The van der Waals surface area contributed by atoms with E-state index in [9.17, 15) is 4.79 Å². The Balaban J connectivity index is 2.16. The van der Waals surface area contributed by atoms with Crippen molar-refractivity contribution in [2.45, 2.75) is 44.8 Å². The van der Waals surface area contributed by atoms with Crippen molar-refractivity contribution in [2.24, 2.45) is 5.73 Å². The largest absolute Gasteiger partial charge is 0.444 e. The summed E-state index contributed by atoms with van der Waals surface area (Å²) in [4.78, 5) is 14.3. The van der Waals surface area contributed by atoms with Gasteiger partial charge in [-0.1, -0.05) is 42.5 Å². The van der Waals surface area contributed by atoms with Gasteiger partial charge in [-0.15, -0.1) is 0 Å². The van der Waals surface area contributed by atoms with E-state index in [1.165, 1.54) is 5.56 Å². The summed E-state index contributed by atoms with van der Waals surface area (Å²) in [6.07, 6.45) is 0.400. The Hall–Kier alpha value is -1.62. The smallest absolute Gasteiger partial charge is 0.410 e. The molecule has 114 valence electrons. The minimum Gasteiger partial charge on any atom is -0.444 e. The Morgan fingerprint density at radius 1 is 1.33 bits per heavy atom. The molecule has 0 unspecified atom stereocenters. The predicted molar refractivity (Wildman–Crippen MR) is 87.3 cm³/mol. The minimum absolute atomic E-state index is 0.236. The van der Waals surface area contributed by atoms with Gasteiger partial charge in [0, 0.05) is 12.5 Å². The Kier molecular flexibility index (Phi) is 4.52. The van der Waals surface area contributed by atoms with Gasteiger partial charge >= 0.3 is 6.09 Å². The fourth-order valence-corrected chi connectivity index (χ4v) is 2.82. The fraction of sp³-hybridized carbons (Fsp3) is 0.500. The number of ether oxygens (including phenoxy) is 1. The summed E-state index contributed by atoms with van der Waals surface area (Å²) in [6, 6.07) is 9.89. The molecule has 4 nitrogen and oxygen atoms in total. The minimum atomic E-state index is -0.525. The van der Waals surface area contributed by atoms with Gasteiger partial charge in [0.2, 0.25) is 0 Å². The first-order valence-electron chi connectivity index (χ1n) is 7.12. The topological polar surface area (TPSA) is 55.6 Å². The molecule has 2 atom stereocenters. The molecule has 1 heterocycles. The molecule has 1 amide bonds. The molecule has 1 fully saturated rings. The highest BCUT2D eigenvalue weighted by atomic mass is 32.1. The number of likely N-dealkylation sites (tertiary alicyclic amines) is 1. The molecule has 0 spiro atoms. The molecule has 0 bridgehead atoms. The van der Waals surface area contributed by atoms with Gasteiger partial charge in [-0.2, -0.15) is 0 Å². The average molecular weight is 306 g/mol. The van der Waals surface area contributed by atoms with E-state index in [2.05, 4.69) is 12.1 Å². The number of carbonyl (C=O) groups is 1. The summed E-state index contributed by atoms with van der Waals surface area (Å²) >= 11 is 5.12. The monoisotopic (exact) mass is 306 g/mol. The zero-order chi connectivity index (χ0) is 15.6. The lowest BCUT2D eigenvalue weighted by Gasteiger charge is -2.28. The lowest BCUT2D eigenvalue weighted by Crippen LogP contribution is -2.45. The van der Waals surface area contributed by atoms with Crippen LogP contribution in [0.15, 0.2) is 30.3 Å². The number of nitrogens with zero attached hydrogens (tertiary/aromatic N) is 1. The van der Waals surface area contributed by atoms with E-state index in [0.29, 0.717) is 11.5 Å². The zero-order valence-electron chi connectivity index (χ0n) is 12.7. The van der Waals surface area contributed by atoms with Crippen molar-refractivity contribution in [1.82, 2.24) is 4.90 Å². The lowest BCUT2D eigenvalue weighted by atomic mass is 9.96. The van der Waals surface area contributed by atoms with Gasteiger partial charge in [0.05, 0.1) is 11.0 Å². The van der Waals surface area contributed by atoms with Gasteiger partial charge in [0.15, 0.2) is 0 Å². The second-order valence-electron chi connectivity index (χ2n) is 6.39. The molecule has 1 saturated heterocycles. The van der Waals surface area contributed by atoms with Crippen molar-refractivity contribution in [2.75, 3.05) is 6.54 Å². The Morgan fingerprint density at radius 2 is 1.95 bits per heavy atom. The highest BCUT2D eigenvalue weighted by molar-refractivity contribution is 7.80. The Labute approximate surface area is 131 Å². The summed E-state index contributed by atoms with van der Waals surface area (Å²) in [5, 5.41) is 0. The first-order chi connectivity index (χ1) is 9.78. The summed E-state index contributed by atoms with van der Waals surface area (Å²) in [5.41, 5.74) is 6.49. The predicted octanol–water partition coefficient (Wildman–Crippen LogP) is 3.07. The van der Waals surface area contributed by atoms with E-state index in [1.807, 2.05) is 39.0 Å². The molecular weight excluding hydrogens is 284 g/mol. The van der Waals surface area contributed by atoms with E-state index in [0.717, 1.165) is 6.42 Å². The van der Waals surface area contributed by atoms with E-state index in [4.69, 9.17) is 22.7 Å². The van der Waals surface area contributed by atoms with Crippen LogP contribution in [0.3, 0.4) is 0 Å². The van der Waals surface area contributed by atoms with E-state index in [1.54, 1.807) is 4.90 Å². The second-order valence-corrected chi connectivity index (χ2v) is 6.87. The van der Waals surface area contributed by atoms with Crippen LogP contribution in [0.5, 0.6) is 0 Å². The van der Waals surface area contributed by atoms with Crippen molar-refractivity contribution in [1.29, 1.82) is 0 Å². The molecule has 0 aliphatic carbocycles. The van der Waals surface area contributed by atoms with Gasteiger partial charge < -0.3 is 10.5 Å². The van der Waals surface area contributed by atoms with E-state index < -0.39 is 5.60 Å². The number of benzene rings is 1. The van der Waals surface area contributed by atoms with Gasteiger partial charge in [-0.25, -0.2) is 4.79 Å². The van der Waals surface area contributed by atoms with E-state index >= 15 is 0 Å². The van der Waals surface area contributed by atoms with Gasteiger partial charge in [-0.05, 0) is 32.8 Å². The normalized spacial score (nSPS) is 22.1. The molecule has 0 radical (unpaired) electrons. The number of thiocarbonyl (C=S) groups is 1.